The molecule has 0 unspecified atom stereocenters. The van der Waals surface area contributed by atoms with E-state index in [9.17, 15) is 9.18 Å². The second kappa shape index (κ2) is 7.57. The first-order valence-electron chi connectivity index (χ1n) is 9.29. The molecule has 0 atom stereocenters. The third kappa shape index (κ3) is 3.45. The van der Waals surface area contributed by atoms with Crippen molar-refractivity contribution in [3.05, 3.63) is 69.5 Å². The highest BCUT2D eigenvalue weighted by Crippen LogP contribution is 2.31. The molecule has 154 valence electrons. The smallest absolute Gasteiger partial charge is 0.259 e. The van der Waals surface area contributed by atoms with E-state index in [1.54, 1.807) is 26.1 Å². The van der Waals surface area contributed by atoms with Crippen molar-refractivity contribution in [1.29, 1.82) is 0 Å². The van der Waals surface area contributed by atoms with E-state index < -0.39 is 5.82 Å². The number of amides is 1. The van der Waals surface area contributed by atoms with Crippen LogP contribution in [0.4, 0.5) is 4.39 Å². The quantitative estimate of drug-likeness (QED) is 0.431. The number of pyridine rings is 1. The van der Waals surface area contributed by atoms with Crippen LogP contribution in [0.3, 0.4) is 0 Å². The van der Waals surface area contributed by atoms with E-state index in [-0.39, 0.29) is 28.8 Å². The highest BCUT2D eigenvalue weighted by Gasteiger charge is 2.24. The molecule has 0 spiro atoms. The number of hydrogen-bond acceptors (Lipinski definition) is 5. The molecule has 3 aromatic heterocycles. The van der Waals surface area contributed by atoms with E-state index in [1.165, 1.54) is 17.0 Å². The molecule has 0 radical (unpaired) electrons. The van der Waals surface area contributed by atoms with Gasteiger partial charge in [0, 0.05) is 29.7 Å². The Morgan fingerprint density at radius 1 is 1.23 bits per heavy atom. The monoisotopic (exact) mass is 427 g/mol. The molecular weight excluding hydrogens is 409 g/mol. The second-order valence-electron chi connectivity index (χ2n) is 7.19. The minimum atomic E-state index is -0.464. The second-order valence-corrected chi connectivity index (χ2v) is 7.60. The number of nitrogens with zero attached hydrogens (tertiary/aromatic N) is 3. The molecule has 0 N–H and O–H groups in total. The molecule has 1 amide bonds. The van der Waals surface area contributed by atoms with Crippen LogP contribution in [0.1, 0.15) is 33.1 Å². The number of benzene rings is 1. The lowest BCUT2D eigenvalue weighted by Crippen LogP contribution is -2.27. The van der Waals surface area contributed by atoms with Crippen LogP contribution in [0.25, 0.3) is 22.4 Å². The number of aryl methyl sites for hydroxylation is 3. The maximum atomic E-state index is 14.2. The highest BCUT2D eigenvalue weighted by molar-refractivity contribution is 6.31. The van der Waals surface area contributed by atoms with Crippen LogP contribution < -0.4 is 0 Å². The Kier molecular flexibility index (Phi) is 5.07. The topological polar surface area (TPSA) is 72.4 Å². The maximum absolute atomic E-state index is 14.2. The lowest BCUT2D eigenvalue weighted by Gasteiger charge is -2.19. The summed E-state index contributed by atoms with van der Waals surface area (Å²) in [7, 11) is 1.59. The standard InChI is InChI=1S/C22H19ClFN3O3/c1-11-8-14(13(3)29-11)19-9-15(20-12(2)26-30-21(20)25-19)22(28)27(4)10-16-17(23)6-5-7-18(16)24/h5-9H,10H2,1-4H3. The Hall–Kier alpha value is -3.19. The molecule has 8 heteroatoms. The summed E-state index contributed by atoms with van der Waals surface area (Å²) < 4.78 is 25.2. The molecule has 1 aromatic carbocycles. The van der Waals surface area contributed by atoms with E-state index in [1.807, 2.05) is 19.9 Å². The normalized spacial score (nSPS) is 11.3. The fourth-order valence-electron chi connectivity index (χ4n) is 3.48. The molecule has 30 heavy (non-hydrogen) atoms. The lowest BCUT2D eigenvalue weighted by atomic mass is 10.0. The van der Waals surface area contributed by atoms with Gasteiger partial charge in [0.2, 0.25) is 0 Å². The average Bonchev–Trinajstić information content (AvgIpc) is 3.25. The summed E-state index contributed by atoms with van der Waals surface area (Å²) in [6.07, 6.45) is 0. The molecule has 6 nitrogen and oxygen atoms in total. The van der Waals surface area contributed by atoms with Crippen molar-refractivity contribution in [1.82, 2.24) is 15.0 Å². The van der Waals surface area contributed by atoms with Crippen molar-refractivity contribution < 1.29 is 18.1 Å². The minimum Gasteiger partial charge on any atom is -0.466 e. The van der Waals surface area contributed by atoms with Crippen LogP contribution in [-0.4, -0.2) is 28.0 Å². The van der Waals surface area contributed by atoms with Crippen molar-refractivity contribution in [2.24, 2.45) is 0 Å². The number of aromatic nitrogens is 2. The molecule has 0 aliphatic rings. The fourth-order valence-corrected chi connectivity index (χ4v) is 3.71. The predicted octanol–water partition coefficient (Wildman–Crippen LogP) is 5.47. The summed E-state index contributed by atoms with van der Waals surface area (Å²) in [5, 5.41) is 4.75. The number of rotatable bonds is 4. The summed E-state index contributed by atoms with van der Waals surface area (Å²) in [4.78, 5) is 19.3. The summed E-state index contributed by atoms with van der Waals surface area (Å²) in [6.45, 7) is 5.42. The number of carbonyl (C=O) groups excluding carboxylic acids is 1. The van der Waals surface area contributed by atoms with Crippen LogP contribution in [0.2, 0.25) is 5.02 Å². The zero-order valence-corrected chi connectivity index (χ0v) is 17.7. The van der Waals surface area contributed by atoms with Gasteiger partial charge in [-0.2, -0.15) is 0 Å². The molecule has 0 fully saturated rings. The van der Waals surface area contributed by atoms with Gasteiger partial charge in [-0.05, 0) is 45.0 Å². The van der Waals surface area contributed by atoms with Crippen molar-refractivity contribution in [2.75, 3.05) is 7.05 Å². The number of fused-ring (bicyclic) bond motifs is 1. The first kappa shape index (κ1) is 20.1. The predicted molar refractivity (Wildman–Crippen MR) is 111 cm³/mol. The van der Waals surface area contributed by atoms with Gasteiger partial charge in [-0.15, -0.1) is 0 Å². The number of furan rings is 1. The third-order valence-corrected chi connectivity index (χ3v) is 5.32. The lowest BCUT2D eigenvalue weighted by molar-refractivity contribution is 0.0785. The van der Waals surface area contributed by atoms with Gasteiger partial charge < -0.3 is 13.8 Å². The first-order valence-corrected chi connectivity index (χ1v) is 9.67. The van der Waals surface area contributed by atoms with Gasteiger partial charge in [-0.3, -0.25) is 4.79 Å². The molecule has 0 aliphatic heterocycles. The van der Waals surface area contributed by atoms with Crippen LogP contribution in [0, 0.1) is 26.6 Å². The molecule has 4 rings (SSSR count). The molecule has 0 saturated carbocycles. The van der Waals surface area contributed by atoms with Crippen LogP contribution in [0.15, 0.2) is 39.3 Å². The van der Waals surface area contributed by atoms with Gasteiger partial charge in [0.15, 0.2) is 0 Å². The summed E-state index contributed by atoms with van der Waals surface area (Å²) in [5.41, 5.74) is 2.71. The molecular formula is C22H19ClFN3O3. The number of carbonyl (C=O) groups is 1. The maximum Gasteiger partial charge on any atom is 0.259 e. The molecule has 0 aliphatic carbocycles. The molecule has 0 saturated heterocycles. The summed E-state index contributed by atoms with van der Waals surface area (Å²) >= 11 is 6.13. The Morgan fingerprint density at radius 2 is 2.00 bits per heavy atom. The number of hydrogen-bond donors (Lipinski definition) is 0. The number of halogens is 2. The Labute approximate surface area is 177 Å². The van der Waals surface area contributed by atoms with Crippen molar-refractivity contribution in [3.63, 3.8) is 0 Å². The Balaban J connectivity index is 1.79. The fraction of sp³-hybridized carbons (Fsp3) is 0.227. The molecule has 3 heterocycles. The highest BCUT2D eigenvalue weighted by atomic mass is 35.5. The van der Waals surface area contributed by atoms with Gasteiger partial charge in [-0.1, -0.05) is 22.8 Å². The van der Waals surface area contributed by atoms with Gasteiger partial charge in [0.05, 0.1) is 22.3 Å². The average molecular weight is 428 g/mol. The van der Waals surface area contributed by atoms with Crippen LogP contribution in [-0.2, 0) is 6.54 Å². The summed E-state index contributed by atoms with van der Waals surface area (Å²) in [6, 6.07) is 7.97. The van der Waals surface area contributed by atoms with Crippen LogP contribution >= 0.6 is 11.6 Å². The largest absolute Gasteiger partial charge is 0.466 e. The van der Waals surface area contributed by atoms with E-state index in [0.717, 1.165) is 11.3 Å². The Morgan fingerprint density at radius 3 is 2.67 bits per heavy atom. The van der Waals surface area contributed by atoms with Crippen LogP contribution in [0.5, 0.6) is 0 Å². The molecule has 4 aromatic rings. The first-order chi connectivity index (χ1) is 14.3. The van der Waals surface area contributed by atoms with Gasteiger partial charge in [0.25, 0.3) is 11.6 Å². The van der Waals surface area contributed by atoms with E-state index in [0.29, 0.717) is 28.1 Å². The SMILES string of the molecule is Cc1cc(-c2cc(C(=O)N(C)Cc3c(F)cccc3Cl)c3c(C)noc3n2)c(C)o1. The zero-order valence-electron chi connectivity index (χ0n) is 16.9. The summed E-state index contributed by atoms with van der Waals surface area (Å²) in [5.74, 6) is 0.623. The third-order valence-electron chi connectivity index (χ3n) is 4.97. The van der Waals surface area contributed by atoms with Gasteiger partial charge in [0.1, 0.15) is 17.3 Å². The van der Waals surface area contributed by atoms with Crippen molar-refractivity contribution in [2.45, 2.75) is 27.3 Å². The van der Waals surface area contributed by atoms with Crippen molar-refractivity contribution in [3.8, 4) is 11.3 Å². The van der Waals surface area contributed by atoms with E-state index in [2.05, 4.69) is 10.1 Å². The zero-order chi connectivity index (χ0) is 21.6. The molecule has 0 bridgehead atoms. The van der Waals surface area contributed by atoms with Crippen molar-refractivity contribution >= 4 is 28.6 Å². The van der Waals surface area contributed by atoms with E-state index in [4.69, 9.17) is 20.5 Å². The Bertz CT molecular complexity index is 1260. The van der Waals surface area contributed by atoms with Gasteiger partial charge >= 0.3 is 0 Å². The van der Waals surface area contributed by atoms with E-state index >= 15 is 0 Å². The van der Waals surface area contributed by atoms with Gasteiger partial charge in [-0.25, -0.2) is 9.37 Å². The minimum absolute atomic E-state index is 0.0116.